The van der Waals surface area contributed by atoms with Crippen LogP contribution >= 0.6 is 0 Å². The average molecular weight is 163 g/mol. The lowest BCUT2D eigenvalue weighted by Gasteiger charge is -2.13. The molecule has 0 saturated heterocycles. The lowest BCUT2D eigenvalue weighted by atomic mass is 10.0. The Morgan fingerprint density at radius 1 is 1.58 bits per heavy atom. The molecule has 1 N–H and O–H groups in total. The van der Waals surface area contributed by atoms with E-state index in [2.05, 4.69) is 11.6 Å². The molecule has 0 aliphatic heterocycles. The lowest BCUT2D eigenvalue weighted by Crippen LogP contribution is -2.07. The number of nitrogens with zero attached hydrogens (tertiary/aromatic N) is 1. The van der Waals surface area contributed by atoms with Crippen LogP contribution in [0.25, 0.3) is 0 Å². The van der Waals surface area contributed by atoms with Gasteiger partial charge < -0.3 is 5.11 Å². The third kappa shape index (κ3) is 1.92. The van der Waals surface area contributed by atoms with Crippen molar-refractivity contribution in [1.82, 2.24) is 4.98 Å². The highest BCUT2D eigenvalue weighted by molar-refractivity contribution is 5.08. The zero-order chi connectivity index (χ0) is 8.97. The number of aliphatic hydroxyl groups excluding tert-OH is 1. The molecule has 1 aromatic rings. The smallest absolute Gasteiger partial charge is 0.102 e. The van der Waals surface area contributed by atoms with Crippen molar-refractivity contribution in [2.45, 2.75) is 13.0 Å². The molecule has 2 nitrogen and oxygen atoms in total. The van der Waals surface area contributed by atoms with Gasteiger partial charge in [-0.25, -0.2) is 0 Å². The van der Waals surface area contributed by atoms with Gasteiger partial charge in [-0.05, 0) is 12.1 Å². The van der Waals surface area contributed by atoms with Gasteiger partial charge in [0.05, 0.1) is 5.69 Å². The zero-order valence-corrected chi connectivity index (χ0v) is 7.14. The fraction of sp³-hybridized carbons (Fsp3) is 0.300. The molecule has 0 aromatic carbocycles. The highest BCUT2D eigenvalue weighted by Crippen LogP contribution is 2.19. The highest BCUT2D eigenvalue weighted by Gasteiger charge is 2.13. The zero-order valence-electron chi connectivity index (χ0n) is 7.14. The number of aliphatic hydroxyl groups is 1. The van der Waals surface area contributed by atoms with Crippen LogP contribution in [0.3, 0.4) is 0 Å². The highest BCUT2D eigenvalue weighted by atomic mass is 16.3. The molecular weight excluding hydrogens is 150 g/mol. The van der Waals surface area contributed by atoms with Gasteiger partial charge in [-0.1, -0.05) is 19.1 Å². The first-order valence-corrected chi connectivity index (χ1v) is 3.97. The van der Waals surface area contributed by atoms with Crippen molar-refractivity contribution in [1.29, 1.82) is 0 Å². The second-order valence-electron chi connectivity index (χ2n) is 2.79. The predicted molar refractivity (Wildman–Crippen MR) is 48.6 cm³/mol. The lowest BCUT2D eigenvalue weighted by molar-refractivity contribution is 0.135. The van der Waals surface area contributed by atoms with E-state index < -0.39 is 6.10 Å². The van der Waals surface area contributed by atoms with Gasteiger partial charge in [0.15, 0.2) is 0 Å². The minimum atomic E-state index is -0.538. The summed E-state index contributed by atoms with van der Waals surface area (Å²) in [7, 11) is 0. The van der Waals surface area contributed by atoms with E-state index in [-0.39, 0.29) is 5.92 Å². The van der Waals surface area contributed by atoms with Crippen molar-refractivity contribution in [2.24, 2.45) is 5.92 Å². The van der Waals surface area contributed by atoms with E-state index in [0.29, 0.717) is 5.69 Å². The SMILES string of the molecule is C=C[C@H](C)[C@H](O)c1ccccn1. The second-order valence-corrected chi connectivity index (χ2v) is 2.79. The van der Waals surface area contributed by atoms with E-state index in [4.69, 9.17) is 0 Å². The standard InChI is InChI=1S/C10H13NO/c1-3-8(2)10(12)9-6-4-5-7-11-9/h3-8,10,12H,1H2,2H3/t8-,10-/m0/s1. The molecule has 0 unspecified atom stereocenters. The quantitative estimate of drug-likeness (QED) is 0.691. The first-order chi connectivity index (χ1) is 5.75. The Morgan fingerprint density at radius 3 is 2.83 bits per heavy atom. The molecule has 0 fully saturated rings. The average Bonchev–Trinajstić information content (AvgIpc) is 2.17. The number of hydrogen-bond acceptors (Lipinski definition) is 2. The Bertz CT molecular complexity index is 245. The molecule has 0 radical (unpaired) electrons. The Labute approximate surface area is 72.6 Å². The van der Waals surface area contributed by atoms with E-state index in [1.165, 1.54) is 0 Å². The molecule has 12 heavy (non-hydrogen) atoms. The number of aromatic nitrogens is 1. The Morgan fingerprint density at radius 2 is 2.33 bits per heavy atom. The third-order valence-electron chi connectivity index (χ3n) is 1.86. The molecule has 0 amide bonds. The summed E-state index contributed by atoms with van der Waals surface area (Å²) in [5.41, 5.74) is 0.699. The van der Waals surface area contributed by atoms with Crippen molar-refractivity contribution in [2.75, 3.05) is 0 Å². The molecule has 2 atom stereocenters. The predicted octanol–water partition coefficient (Wildman–Crippen LogP) is 1.94. The topological polar surface area (TPSA) is 33.1 Å². The van der Waals surface area contributed by atoms with E-state index in [1.807, 2.05) is 25.1 Å². The fourth-order valence-electron chi connectivity index (χ4n) is 0.949. The van der Waals surface area contributed by atoms with Gasteiger partial charge in [-0.2, -0.15) is 0 Å². The third-order valence-corrected chi connectivity index (χ3v) is 1.86. The largest absolute Gasteiger partial charge is 0.386 e. The maximum Gasteiger partial charge on any atom is 0.102 e. The van der Waals surface area contributed by atoms with Crippen LogP contribution in [0.2, 0.25) is 0 Å². The van der Waals surface area contributed by atoms with Crippen molar-refractivity contribution in [3.63, 3.8) is 0 Å². The summed E-state index contributed by atoms with van der Waals surface area (Å²) in [5.74, 6) is 0.0416. The molecule has 64 valence electrons. The molecule has 0 aliphatic carbocycles. The first-order valence-electron chi connectivity index (χ1n) is 3.97. The van der Waals surface area contributed by atoms with Gasteiger partial charge >= 0.3 is 0 Å². The van der Waals surface area contributed by atoms with Crippen LogP contribution in [0.1, 0.15) is 18.7 Å². The van der Waals surface area contributed by atoms with E-state index in [9.17, 15) is 5.11 Å². The minimum Gasteiger partial charge on any atom is -0.386 e. The van der Waals surface area contributed by atoms with Gasteiger partial charge in [0.1, 0.15) is 6.10 Å². The summed E-state index contributed by atoms with van der Waals surface area (Å²) >= 11 is 0. The van der Waals surface area contributed by atoms with Crippen LogP contribution < -0.4 is 0 Å². The molecule has 2 heteroatoms. The summed E-state index contributed by atoms with van der Waals surface area (Å²) in [5, 5.41) is 9.66. The van der Waals surface area contributed by atoms with Gasteiger partial charge in [0.25, 0.3) is 0 Å². The van der Waals surface area contributed by atoms with Gasteiger partial charge in [-0.15, -0.1) is 6.58 Å². The van der Waals surface area contributed by atoms with E-state index >= 15 is 0 Å². The van der Waals surface area contributed by atoms with Gasteiger partial charge in [0.2, 0.25) is 0 Å². The summed E-state index contributed by atoms with van der Waals surface area (Å²) < 4.78 is 0. The van der Waals surface area contributed by atoms with Crippen LogP contribution in [-0.2, 0) is 0 Å². The maximum absolute atomic E-state index is 9.66. The first kappa shape index (κ1) is 8.94. The molecular formula is C10H13NO. The van der Waals surface area contributed by atoms with E-state index in [1.54, 1.807) is 12.3 Å². The summed E-state index contributed by atoms with van der Waals surface area (Å²) in [6.45, 7) is 5.53. The van der Waals surface area contributed by atoms with Gasteiger partial charge in [0, 0.05) is 12.1 Å². The molecule has 0 aliphatic rings. The monoisotopic (exact) mass is 163 g/mol. The normalized spacial score (nSPS) is 15.2. The second kappa shape index (κ2) is 4.02. The van der Waals surface area contributed by atoms with Crippen molar-refractivity contribution in [3.8, 4) is 0 Å². The van der Waals surface area contributed by atoms with Crippen molar-refractivity contribution < 1.29 is 5.11 Å². The summed E-state index contributed by atoms with van der Waals surface area (Å²) in [4.78, 5) is 4.05. The van der Waals surface area contributed by atoms with Crippen LogP contribution in [0.15, 0.2) is 37.1 Å². The molecule has 1 heterocycles. The van der Waals surface area contributed by atoms with Gasteiger partial charge in [-0.3, -0.25) is 4.98 Å². The number of rotatable bonds is 3. The van der Waals surface area contributed by atoms with Crippen LogP contribution in [0, 0.1) is 5.92 Å². The molecule has 1 rings (SSSR count). The number of pyridine rings is 1. The molecule has 1 aromatic heterocycles. The summed E-state index contributed by atoms with van der Waals surface area (Å²) in [6.07, 6.45) is 2.86. The van der Waals surface area contributed by atoms with Crippen molar-refractivity contribution >= 4 is 0 Å². The number of hydrogen-bond donors (Lipinski definition) is 1. The minimum absolute atomic E-state index is 0.0416. The van der Waals surface area contributed by atoms with Crippen LogP contribution in [-0.4, -0.2) is 10.1 Å². The summed E-state index contributed by atoms with van der Waals surface area (Å²) in [6, 6.07) is 5.50. The molecule has 0 saturated carbocycles. The van der Waals surface area contributed by atoms with Crippen LogP contribution in [0.4, 0.5) is 0 Å². The maximum atomic E-state index is 9.66. The Balaban J connectivity index is 2.78. The molecule has 0 bridgehead atoms. The van der Waals surface area contributed by atoms with Crippen LogP contribution in [0.5, 0.6) is 0 Å². The Kier molecular flexibility index (Phi) is 3.00. The fourth-order valence-corrected chi connectivity index (χ4v) is 0.949. The molecule has 0 spiro atoms. The van der Waals surface area contributed by atoms with Crippen molar-refractivity contribution in [3.05, 3.63) is 42.7 Å². The Hall–Kier alpha value is -1.15. The van der Waals surface area contributed by atoms with E-state index in [0.717, 1.165) is 0 Å².